The van der Waals surface area contributed by atoms with Gasteiger partial charge in [0.05, 0.1) is 37.3 Å². The van der Waals surface area contributed by atoms with E-state index in [2.05, 4.69) is 0 Å². The number of nitrogens with zero attached hydrogens (tertiary/aromatic N) is 1. The summed E-state index contributed by atoms with van der Waals surface area (Å²) in [5, 5.41) is 11.1. The lowest BCUT2D eigenvalue weighted by Gasteiger charge is -2.31. The Labute approximate surface area is 195 Å². The second-order valence-electron chi connectivity index (χ2n) is 8.84. The van der Waals surface area contributed by atoms with Crippen molar-refractivity contribution in [3.8, 4) is 17.2 Å². The van der Waals surface area contributed by atoms with Crippen LogP contribution in [0.2, 0.25) is 0 Å². The van der Waals surface area contributed by atoms with Crippen LogP contribution in [0.4, 0.5) is 5.69 Å². The summed E-state index contributed by atoms with van der Waals surface area (Å²) >= 11 is 0. The minimum Gasteiger partial charge on any atom is -0.511 e. The van der Waals surface area contributed by atoms with Crippen molar-refractivity contribution in [3.63, 3.8) is 0 Å². The van der Waals surface area contributed by atoms with Gasteiger partial charge in [-0.15, -0.1) is 0 Å². The van der Waals surface area contributed by atoms with Crippen molar-refractivity contribution >= 4 is 17.2 Å². The Hall–Kier alpha value is -3.28. The number of ether oxygens (including phenoxy) is 3. The van der Waals surface area contributed by atoms with E-state index in [4.69, 9.17) is 19.2 Å². The molecule has 1 N–H and O–H groups in total. The summed E-state index contributed by atoms with van der Waals surface area (Å²) in [4.78, 5) is 17.8. The molecule has 1 aliphatic carbocycles. The van der Waals surface area contributed by atoms with E-state index in [9.17, 15) is 9.90 Å². The number of carbonyl (C=O) groups excluding carboxylic acids is 1. The molecule has 1 saturated carbocycles. The summed E-state index contributed by atoms with van der Waals surface area (Å²) in [5.41, 5.74) is 2.23. The average molecular weight is 452 g/mol. The summed E-state index contributed by atoms with van der Waals surface area (Å²) in [6.07, 6.45) is 1.16. The van der Waals surface area contributed by atoms with Gasteiger partial charge in [0.15, 0.2) is 17.3 Å². The number of allylic oxidation sites excluding steroid dienone is 2. The molecule has 0 aliphatic heterocycles. The van der Waals surface area contributed by atoms with E-state index in [0.29, 0.717) is 54.5 Å². The molecular formula is C27H33NO5. The maximum atomic E-state index is 13.1. The number of aliphatic hydroxyl groups is 1. The van der Waals surface area contributed by atoms with Crippen LogP contribution < -0.4 is 14.2 Å². The van der Waals surface area contributed by atoms with E-state index in [-0.39, 0.29) is 23.4 Å². The maximum Gasteiger partial charge on any atom is 0.168 e. The van der Waals surface area contributed by atoms with Gasteiger partial charge in [-0.25, -0.2) is 0 Å². The number of hydrogen-bond donors (Lipinski definition) is 1. The highest BCUT2D eigenvalue weighted by atomic mass is 16.5. The third kappa shape index (κ3) is 6.15. The van der Waals surface area contributed by atoms with E-state index in [1.54, 1.807) is 7.11 Å². The molecule has 0 heterocycles. The molecular weight excluding hydrogens is 418 g/mol. The Morgan fingerprint density at radius 2 is 1.67 bits per heavy atom. The monoisotopic (exact) mass is 451 g/mol. The Morgan fingerprint density at radius 3 is 2.30 bits per heavy atom. The van der Waals surface area contributed by atoms with Gasteiger partial charge in [0.25, 0.3) is 0 Å². The zero-order chi connectivity index (χ0) is 24.0. The van der Waals surface area contributed by atoms with Gasteiger partial charge < -0.3 is 19.3 Å². The van der Waals surface area contributed by atoms with Crippen LogP contribution in [0.25, 0.3) is 0 Å². The molecule has 33 heavy (non-hydrogen) atoms. The Bertz CT molecular complexity index is 1050. The molecule has 0 atom stereocenters. The molecule has 0 saturated heterocycles. The van der Waals surface area contributed by atoms with Crippen LogP contribution in [0.1, 0.15) is 46.1 Å². The lowest BCUT2D eigenvalue weighted by atomic mass is 9.73. The SMILES string of the molecule is CCOc1ccc(CC(O)=C2C(=O)CC(C)(C)CC2=Nc2ccc(OC)cc2)cc1OCC. The molecule has 0 aromatic heterocycles. The Morgan fingerprint density at radius 1 is 1.00 bits per heavy atom. The van der Waals surface area contributed by atoms with Crippen LogP contribution in [-0.2, 0) is 11.2 Å². The van der Waals surface area contributed by atoms with Gasteiger partial charge in [0.2, 0.25) is 0 Å². The fourth-order valence-electron chi connectivity index (χ4n) is 4.01. The van der Waals surface area contributed by atoms with E-state index in [1.165, 1.54) is 0 Å². The topological polar surface area (TPSA) is 77.4 Å². The van der Waals surface area contributed by atoms with Crippen molar-refractivity contribution in [2.24, 2.45) is 10.4 Å². The van der Waals surface area contributed by atoms with Crippen molar-refractivity contribution < 1.29 is 24.1 Å². The highest BCUT2D eigenvalue weighted by Gasteiger charge is 2.36. The molecule has 0 bridgehead atoms. The minimum atomic E-state index is -0.229. The molecule has 0 spiro atoms. The number of carbonyl (C=O) groups is 1. The van der Waals surface area contributed by atoms with E-state index >= 15 is 0 Å². The van der Waals surface area contributed by atoms with Crippen LogP contribution in [0.15, 0.2) is 58.8 Å². The van der Waals surface area contributed by atoms with Gasteiger partial charge in [-0.1, -0.05) is 19.9 Å². The molecule has 2 aromatic carbocycles. The fraction of sp³-hybridized carbons (Fsp3) is 0.407. The molecule has 6 nitrogen and oxygen atoms in total. The van der Waals surface area contributed by atoms with E-state index in [1.807, 2.05) is 70.2 Å². The van der Waals surface area contributed by atoms with Crippen LogP contribution in [0.5, 0.6) is 17.2 Å². The number of aliphatic imine (C=N–C) groups is 1. The predicted octanol–water partition coefficient (Wildman–Crippen LogP) is 6.01. The highest BCUT2D eigenvalue weighted by Crippen LogP contribution is 2.37. The standard InChI is InChI=1S/C27H33NO5/c1-6-32-24-13-8-18(15-25(24)33-7-2)14-22(29)26-21(16-27(3,4)17-23(26)30)28-19-9-11-20(31-5)12-10-19/h8-13,15,29H,6-7,14,16-17H2,1-5H3. The maximum absolute atomic E-state index is 13.1. The number of rotatable bonds is 8. The second-order valence-corrected chi connectivity index (χ2v) is 8.84. The number of hydrogen-bond acceptors (Lipinski definition) is 6. The molecule has 0 unspecified atom stereocenters. The molecule has 0 radical (unpaired) electrons. The average Bonchev–Trinajstić information content (AvgIpc) is 2.75. The third-order valence-electron chi connectivity index (χ3n) is 5.46. The van der Waals surface area contributed by atoms with E-state index < -0.39 is 0 Å². The molecule has 1 fully saturated rings. The Balaban J connectivity index is 1.98. The summed E-state index contributed by atoms with van der Waals surface area (Å²) in [7, 11) is 1.61. The first-order valence-electron chi connectivity index (χ1n) is 11.3. The first-order valence-corrected chi connectivity index (χ1v) is 11.3. The lowest BCUT2D eigenvalue weighted by Crippen LogP contribution is -2.32. The van der Waals surface area contributed by atoms with Gasteiger partial charge in [0, 0.05) is 12.8 Å². The van der Waals surface area contributed by atoms with Crippen molar-refractivity contribution in [1.82, 2.24) is 0 Å². The largest absolute Gasteiger partial charge is 0.511 e. The molecule has 2 aromatic rings. The Kier molecular flexibility index (Phi) is 7.79. The van der Waals surface area contributed by atoms with Gasteiger partial charge in [-0.05, 0) is 67.6 Å². The van der Waals surface area contributed by atoms with Crippen molar-refractivity contribution in [2.75, 3.05) is 20.3 Å². The van der Waals surface area contributed by atoms with Crippen LogP contribution in [0.3, 0.4) is 0 Å². The summed E-state index contributed by atoms with van der Waals surface area (Å²) in [6.45, 7) is 8.95. The number of methoxy groups -OCH3 is 1. The normalized spacial score (nSPS) is 18.2. The number of ketones is 1. The van der Waals surface area contributed by atoms with Crippen molar-refractivity contribution in [1.29, 1.82) is 0 Å². The number of benzene rings is 2. The zero-order valence-corrected chi connectivity index (χ0v) is 20.1. The molecule has 0 amide bonds. The first-order chi connectivity index (χ1) is 15.8. The number of Topliss-reactive ketones (excluding diaryl/α,β-unsaturated/α-hetero) is 1. The molecule has 6 heteroatoms. The van der Waals surface area contributed by atoms with Gasteiger partial charge >= 0.3 is 0 Å². The highest BCUT2D eigenvalue weighted by molar-refractivity contribution is 6.25. The van der Waals surface area contributed by atoms with Crippen molar-refractivity contribution in [3.05, 3.63) is 59.4 Å². The summed E-state index contributed by atoms with van der Waals surface area (Å²) in [5.74, 6) is 1.95. The summed E-state index contributed by atoms with van der Waals surface area (Å²) < 4.78 is 16.5. The van der Waals surface area contributed by atoms with Crippen molar-refractivity contribution in [2.45, 2.75) is 47.0 Å². The second kappa shape index (κ2) is 10.6. The number of aliphatic hydroxyl groups excluding tert-OH is 1. The lowest BCUT2D eigenvalue weighted by molar-refractivity contribution is -0.117. The zero-order valence-electron chi connectivity index (χ0n) is 20.1. The quantitative estimate of drug-likeness (QED) is 0.393. The van der Waals surface area contributed by atoms with Gasteiger partial charge in [-0.2, -0.15) is 0 Å². The molecule has 1 aliphatic rings. The fourth-order valence-corrected chi connectivity index (χ4v) is 4.01. The minimum absolute atomic E-state index is 0.0226. The predicted molar refractivity (Wildman–Crippen MR) is 130 cm³/mol. The molecule has 3 rings (SSSR count). The van der Waals surface area contributed by atoms with Crippen LogP contribution >= 0.6 is 0 Å². The summed E-state index contributed by atoms with van der Waals surface area (Å²) in [6, 6.07) is 12.9. The van der Waals surface area contributed by atoms with E-state index in [0.717, 1.165) is 11.3 Å². The molecule has 176 valence electrons. The van der Waals surface area contributed by atoms with Crippen LogP contribution in [-0.4, -0.2) is 36.9 Å². The smallest absolute Gasteiger partial charge is 0.168 e. The van der Waals surface area contributed by atoms with Gasteiger partial charge in [0.1, 0.15) is 11.5 Å². The third-order valence-corrected chi connectivity index (χ3v) is 5.46. The first kappa shape index (κ1) is 24.4. The van der Waals surface area contributed by atoms with Crippen LogP contribution in [0, 0.1) is 5.41 Å². The van der Waals surface area contributed by atoms with Gasteiger partial charge in [-0.3, -0.25) is 9.79 Å².